The first-order chi connectivity index (χ1) is 10.4. The van der Waals surface area contributed by atoms with Crippen LogP contribution in [-0.4, -0.2) is 18.2 Å². The summed E-state index contributed by atoms with van der Waals surface area (Å²) in [5, 5.41) is 0. The van der Waals surface area contributed by atoms with E-state index in [4.69, 9.17) is 4.74 Å². The quantitative estimate of drug-likeness (QED) is 0.370. The fourth-order valence-electron chi connectivity index (χ4n) is 1.96. The van der Waals surface area contributed by atoms with E-state index in [2.05, 4.69) is 6.92 Å². The lowest BCUT2D eigenvalue weighted by Crippen LogP contribution is -2.17. The van der Waals surface area contributed by atoms with Gasteiger partial charge in [0.05, 0.1) is 5.56 Å². The maximum Gasteiger partial charge on any atom is 0.409 e. The lowest BCUT2D eigenvalue weighted by Gasteiger charge is -2.15. The van der Waals surface area contributed by atoms with Gasteiger partial charge in [-0.15, -0.1) is 0 Å². The summed E-state index contributed by atoms with van der Waals surface area (Å²) in [5.74, 6) is -0.604. The zero-order chi connectivity index (χ0) is 16.4. The van der Waals surface area contributed by atoms with Gasteiger partial charge < -0.3 is 4.74 Å². The molecule has 1 aromatic rings. The van der Waals surface area contributed by atoms with Crippen LogP contribution in [0.5, 0.6) is 0 Å². The molecule has 0 saturated heterocycles. The Balaban J connectivity index is 2.64. The van der Waals surface area contributed by atoms with Crippen LogP contribution in [0.3, 0.4) is 0 Å². The molecule has 5 heteroatoms. The van der Waals surface area contributed by atoms with Crippen molar-refractivity contribution in [1.82, 2.24) is 0 Å². The van der Waals surface area contributed by atoms with Crippen LogP contribution in [0.1, 0.15) is 49.4 Å². The lowest BCUT2D eigenvalue weighted by molar-refractivity contribution is -0.0807. The SMILES string of the molecule is CCCCCC[C@H](/C=C/C(F)(F)F)OC(=O)c1ccccc1. The second-order valence-electron chi connectivity index (χ2n) is 5.06. The number of halogens is 3. The van der Waals surface area contributed by atoms with Crippen molar-refractivity contribution in [3.05, 3.63) is 48.0 Å². The molecular weight excluding hydrogens is 293 g/mol. The van der Waals surface area contributed by atoms with Gasteiger partial charge in [-0.1, -0.05) is 44.4 Å². The van der Waals surface area contributed by atoms with E-state index in [0.29, 0.717) is 12.0 Å². The third-order valence-corrected chi connectivity index (χ3v) is 3.11. The van der Waals surface area contributed by atoms with Gasteiger partial charge in [0, 0.05) is 6.08 Å². The highest BCUT2D eigenvalue weighted by Crippen LogP contribution is 2.19. The number of ether oxygens (including phenoxy) is 1. The number of allylic oxidation sites excluding steroid dienone is 1. The molecule has 0 aliphatic rings. The Hall–Kier alpha value is -1.78. The predicted molar refractivity (Wildman–Crippen MR) is 79.6 cm³/mol. The van der Waals surface area contributed by atoms with E-state index in [9.17, 15) is 18.0 Å². The summed E-state index contributed by atoms with van der Waals surface area (Å²) in [5.41, 5.74) is 0.335. The Morgan fingerprint density at radius 2 is 1.86 bits per heavy atom. The first kappa shape index (κ1) is 18.3. The summed E-state index contributed by atoms with van der Waals surface area (Å²) in [7, 11) is 0. The van der Waals surface area contributed by atoms with E-state index >= 15 is 0 Å². The van der Waals surface area contributed by atoms with Crippen molar-refractivity contribution in [2.45, 2.75) is 51.3 Å². The zero-order valence-corrected chi connectivity index (χ0v) is 12.6. The summed E-state index contributed by atoms with van der Waals surface area (Å²) in [6, 6.07) is 8.26. The minimum absolute atomic E-state index is 0.135. The van der Waals surface area contributed by atoms with E-state index in [1.165, 1.54) is 0 Å². The van der Waals surface area contributed by atoms with Crippen LogP contribution < -0.4 is 0 Å². The molecule has 0 heterocycles. The topological polar surface area (TPSA) is 26.3 Å². The Morgan fingerprint density at radius 1 is 1.18 bits per heavy atom. The van der Waals surface area contributed by atoms with E-state index < -0.39 is 18.2 Å². The van der Waals surface area contributed by atoms with Gasteiger partial charge in [0.2, 0.25) is 0 Å². The Labute approximate surface area is 129 Å². The van der Waals surface area contributed by atoms with Gasteiger partial charge in [-0.05, 0) is 31.1 Å². The van der Waals surface area contributed by atoms with Crippen LogP contribution in [0.25, 0.3) is 0 Å². The minimum Gasteiger partial charge on any atom is -0.455 e. The maximum absolute atomic E-state index is 12.3. The fraction of sp³-hybridized carbons (Fsp3) is 0.471. The van der Waals surface area contributed by atoms with Gasteiger partial charge >= 0.3 is 12.1 Å². The van der Waals surface area contributed by atoms with Crippen LogP contribution in [0.15, 0.2) is 42.5 Å². The van der Waals surface area contributed by atoms with Gasteiger partial charge in [-0.2, -0.15) is 13.2 Å². The third-order valence-electron chi connectivity index (χ3n) is 3.11. The van der Waals surface area contributed by atoms with E-state index in [1.54, 1.807) is 30.3 Å². The Kier molecular flexibility index (Phi) is 7.71. The van der Waals surface area contributed by atoms with Gasteiger partial charge in [0.25, 0.3) is 0 Å². The highest BCUT2D eigenvalue weighted by Gasteiger charge is 2.23. The number of rotatable bonds is 8. The molecule has 22 heavy (non-hydrogen) atoms. The Bertz CT molecular complexity index is 467. The number of hydrogen-bond donors (Lipinski definition) is 0. The molecule has 0 unspecified atom stereocenters. The molecule has 0 aliphatic carbocycles. The fourth-order valence-corrected chi connectivity index (χ4v) is 1.96. The summed E-state index contributed by atoms with van der Waals surface area (Å²) >= 11 is 0. The monoisotopic (exact) mass is 314 g/mol. The largest absolute Gasteiger partial charge is 0.455 e. The number of benzene rings is 1. The smallest absolute Gasteiger partial charge is 0.409 e. The first-order valence-electron chi connectivity index (χ1n) is 7.44. The molecule has 0 radical (unpaired) electrons. The summed E-state index contributed by atoms with van der Waals surface area (Å²) in [6.07, 6.45) is -0.117. The molecule has 0 saturated carbocycles. The standard InChI is InChI=1S/C17H21F3O2/c1-2-3-4-8-11-15(12-13-17(18,19)20)22-16(21)14-9-6-5-7-10-14/h5-7,9-10,12-13,15H,2-4,8,11H2,1H3/b13-12+/t15-/m1/s1. The highest BCUT2D eigenvalue weighted by atomic mass is 19.4. The molecular formula is C17H21F3O2. The number of alkyl halides is 3. The van der Waals surface area contributed by atoms with Crippen LogP contribution in [-0.2, 0) is 4.74 Å². The molecule has 2 nitrogen and oxygen atoms in total. The van der Waals surface area contributed by atoms with Crippen LogP contribution >= 0.6 is 0 Å². The van der Waals surface area contributed by atoms with Crippen LogP contribution in [0.2, 0.25) is 0 Å². The average Bonchev–Trinajstić information content (AvgIpc) is 2.48. The first-order valence-corrected chi connectivity index (χ1v) is 7.44. The van der Waals surface area contributed by atoms with Crippen molar-refractivity contribution >= 4 is 5.97 Å². The number of carbonyl (C=O) groups excluding carboxylic acids is 1. The van der Waals surface area contributed by atoms with Crippen molar-refractivity contribution in [2.24, 2.45) is 0 Å². The summed E-state index contributed by atoms with van der Waals surface area (Å²) in [4.78, 5) is 11.9. The highest BCUT2D eigenvalue weighted by molar-refractivity contribution is 5.89. The molecule has 0 spiro atoms. The molecule has 0 N–H and O–H groups in total. The predicted octanol–water partition coefficient (Wildman–Crippen LogP) is 5.30. The minimum atomic E-state index is -4.40. The molecule has 0 aromatic heterocycles. The van der Waals surface area contributed by atoms with Crippen molar-refractivity contribution in [3.63, 3.8) is 0 Å². The molecule has 0 amide bonds. The van der Waals surface area contributed by atoms with Gasteiger partial charge in [-0.25, -0.2) is 4.79 Å². The third kappa shape index (κ3) is 7.86. The molecule has 122 valence electrons. The molecule has 1 aromatic carbocycles. The summed E-state index contributed by atoms with van der Waals surface area (Å²) < 4.78 is 42.1. The number of hydrogen-bond acceptors (Lipinski definition) is 2. The van der Waals surface area contributed by atoms with E-state index in [-0.39, 0.29) is 6.08 Å². The normalized spacial score (nSPS) is 13.3. The number of carbonyl (C=O) groups is 1. The van der Waals surface area contributed by atoms with Gasteiger partial charge in [0.15, 0.2) is 0 Å². The zero-order valence-electron chi connectivity index (χ0n) is 12.6. The van der Waals surface area contributed by atoms with Crippen molar-refractivity contribution < 1.29 is 22.7 Å². The molecule has 0 fully saturated rings. The van der Waals surface area contributed by atoms with Crippen molar-refractivity contribution in [3.8, 4) is 0 Å². The van der Waals surface area contributed by atoms with Crippen molar-refractivity contribution in [1.29, 1.82) is 0 Å². The average molecular weight is 314 g/mol. The molecule has 1 rings (SSSR count). The van der Waals surface area contributed by atoms with Crippen molar-refractivity contribution in [2.75, 3.05) is 0 Å². The van der Waals surface area contributed by atoms with E-state index in [1.807, 2.05) is 0 Å². The Morgan fingerprint density at radius 3 is 2.45 bits per heavy atom. The number of unbranched alkanes of at least 4 members (excludes halogenated alkanes) is 3. The second kappa shape index (κ2) is 9.28. The lowest BCUT2D eigenvalue weighted by atomic mass is 10.1. The van der Waals surface area contributed by atoms with Gasteiger partial charge in [0.1, 0.15) is 6.10 Å². The summed E-state index contributed by atoms with van der Waals surface area (Å²) in [6.45, 7) is 2.05. The van der Waals surface area contributed by atoms with Gasteiger partial charge in [-0.3, -0.25) is 0 Å². The molecule has 0 bridgehead atoms. The maximum atomic E-state index is 12.3. The molecule has 1 atom stereocenters. The number of esters is 1. The van der Waals surface area contributed by atoms with Crippen LogP contribution in [0, 0.1) is 0 Å². The second-order valence-corrected chi connectivity index (χ2v) is 5.06. The van der Waals surface area contributed by atoms with Crippen LogP contribution in [0.4, 0.5) is 13.2 Å². The van der Waals surface area contributed by atoms with E-state index in [0.717, 1.165) is 31.8 Å². The molecule has 0 aliphatic heterocycles.